The zero-order chi connectivity index (χ0) is 13.8. The molecule has 0 aromatic heterocycles. The fourth-order valence-corrected chi connectivity index (χ4v) is 3.89. The Hall–Kier alpha value is -0.730. The Labute approximate surface area is 127 Å². The molecule has 2 aliphatic rings. The summed E-state index contributed by atoms with van der Waals surface area (Å²) in [5.74, 6) is 2.50. The summed E-state index contributed by atoms with van der Waals surface area (Å²) >= 11 is 5.98. The van der Waals surface area contributed by atoms with Crippen molar-refractivity contribution < 1.29 is 4.74 Å². The van der Waals surface area contributed by atoms with Crippen LogP contribution >= 0.6 is 11.6 Å². The van der Waals surface area contributed by atoms with Gasteiger partial charge >= 0.3 is 0 Å². The molecule has 0 bridgehead atoms. The molecule has 20 heavy (non-hydrogen) atoms. The lowest BCUT2D eigenvalue weighted by Gasteiger charge is -2.39. The van der Waals surface area contributed by atoms with E-state index in [1.165, 1.54) is 37.9 Å². The first-order chi connectivity index (χ1) is 9.88. The van der Waals surface area contributed by atoms with Crippen LogP contribution < -0.4 is 4.74 Å². The Morgan fingerprint density at radius 2 is 2.10 bits per heavy atom. The Balaban J connectivity index is 1.71. The Kier molecular flexibility index (Phi) is 4.85. The molecule has 2 nitrogen and oxygen atoms in total. The number of alkyl halides is 1. The molecular formula is C17H24ClNO. The van der Waals surface area contributed by atoms with Gasteiger partial charge in [-0.1, -0.05) is 24.6 Å². The van der Waals surface area contributed by atoms with E-state index in [1.54, 1.807) is 0 Å². The fraction of sp³-hybridized carbons (Fsp3) is 0.647. The molecule has 0 N–H and O–H groups in total. The van der Waals surface area contributed by atoms with Gasteiger partial charge in [0.05, 0.1) is 6.61 Å². The maximum Gasteiger partial charge on any atom is 0.122 e. The number of para-hydroxylation sites is 1. The van der Waals surface area contributed by atoms with E-state index in [-0.39, 0.29) is 0 Å². The Bertz CT molecular complexity index is 435. The molecule has 0 saturated carbocycles. The summed E-state index contributed by atoms with van der Waals surface area (Å²) in [5, 5.41) is 0. The number of fused-ring (bicyclic) bond motifs is 1. The zero-order valence-corrected chi connectivity index (χ0v) is 12.8. The van der Waals surface area contributed by atoms with E-state index in [0.717, 1.165) is 31.1 Å². The lowest BCUT2D eigenvalue weighted by Crippen LogP contribution is -2.42. The molecule has 2 atom stereocenters. The van der Waals surface area contributed by atoms with Crippen LogP contribution in [0.2, 0.25) is 0 Å². The third kappa shape index (κ3) is 3.12. The maximum atomic E-state index is 5.98. The SMILES string of the molecule is ClCCC1CCCCN1CC1CCOc2ccccc21. The minimum Gasteiger partial charge on any atom is -0.493 e. The largest absolute Gasteiger partial charge is 0.493 e. The molecule has 3 rings (SSSR count). The van der Waals surface area contributed by atoms with Gasteiger partial charge < -0.3 is 4.74 Å². The second kappa shape index (κ2) is 6.82. The average Bonchev–Trinajstić information content (AvgIpc) is 2.50. The maximum absolute atomic E-state index is 5.98. The molecular weight excluding hydrogens is 270 g/mol. The van der Waals surface area contributed by atoms with E-state index in [1.807, 2.05) is 0 Å². The van der Waals surface area contributed by atoms with Crippen LogP contribution in [0.5, 0.6) is 5.75 Å². The quantitative estimate of drug-likeness (QED) is 0.777. The van der Waals surface area contributed by atoms with E-state index in [2.05, 4.69) is 29.2 Å². The highest BCUT2D eigenvalue weighted by molar-refractivity contribution is 6.17. The first-order valence-corrected chi connectivity index (χ1v) is 8.43. The number of likely N-dealkylation sites (tertiary alicyclic amines) is 1. The van der Waals surface area contributed by atoms with Crippen LogP contribution in [-0.2, 0) is 0 Å². The second-order valence-corrected chi connectivity index (χ2v) is 6.37. The van der Waals surface area contributed by atoms with E-state index in [9.17, 15) is 0 Å². The number of nitrogens with zero attached hydrogens (tertiary/aromatic N) is 1. The van der Waals surface area contributed by atoms with Crippen molar-refractivity contribution in [3.05, 3.63) is 29.8 Å². The van der Waals surface area contributed by atoms with Crippen molar-refractivity contribution in [3.8, 4) is 5.75 Å². The van der Waals surface area contributed by atoms with Gasteiger partial charge in [0, 0.05) is 24.4 Å². The fourth-order valence-electron chi connectivity index (χ4n) is 3.64. The molecule has 1 aromatic carbocycles. The van der Waals surface area contributed by atoms with Crippen LogP contribution in [0, 0.1) is 0 Å². The van der Waals surface area contributed by atoms with Crippen molar-refractivity contribution in [1.29, 1.82) is 0 Å². The number of hydrogen-bond acceptors (Lipinski definition) is 2. The first-order valence-electron chi connectivity index (χ1n) is 7.90. The van der Waals surface area contributed by atoms with Gasteiger partial charge in [0.25, 0.3) is 0 Å². The molecule has 1 aromatic rings. The number of piperidine rings is 1. The van der Waals surface area contributed by atoms with Crippen molar-refractivity contribution >= 4 is 11.6 Å². The molecule has 2 aliphatic heterocycles. The predicted octanol–water partition coefficient (Wildman–Crippen LogP) is 4.04. The number of rotatable bonds is 4. The molecule has 1 fully saturated rings. The van der Waals surface area contributed by atoms with Gasteiger partial charge in [-0.05, 0) is 43.9 Å². The van der Waals surface area contributed by atoms with Crippen molar-refractivity contribution in [2.75, 3.05) is 25.6 Å². The topological polar surface area (TPSA) is 12.5 Å². The molecule has 3 heteroatoms. The normalized spacial score (nSPS) is 26.9. The van der Waals surface area contributed by atoms with E-state index in [4.69, 9.17) is 16.3 Å². The second-order valence-electron chi connectivity index (χ2n) is 5.99. The van der Waals surface area contributed by atoms with Gasteiger partial charge in [-0.2, -0.15) is 0 Å². The number of ether oxygens (including phenoxy) is 1. The highest BCUT2D eigenvalue weighted by Gasteiger charge is 2.28. The van der Waals surface area contributed by atoms with Crippen LogP contribution in [0.15, 0.2) is 24.3 Å². The standard InChI is InChI=1S/C17H24ClNO/c18-10-8-15-5-3-4-11-19(15)13-14-9-12-20-17-7-2-1-6-16(14)17/h1-2,6-7,14-15H,3-5,8-13H2. The van der Waals surface area contributed by atoms with Gasteiger partial charge in [0.1, 0.15) is 5.75 Å². The molecule has 2 heterocycles. The number of hydrogen-bond donors (Lipinski definition) is 0. The summed E-state index contributed by atoms with van der Waals surface area (Å²) in [6.07, 6.45) is 6.29. The van der Waals surface area contributed by atoms with Crippen LogP contribution in [0.25, 0.3) is 0 Å². The van der Waals surface area contributed by atoms with Crippen molar-refractivity contribution in [3.63, 3.8) is 0 Å². The van der Waals surface area contributed by atoms with Crippen LogP contribution in [-0.4, -0.2) is 36.5 Å². The number of benzene rings is 1. The predicted molar refractivity (Wildman–Crippen MR) is 83.8 cm³/mol. The van der Waals surface area contributed by atoms with Crippen LogP contribution in [0.4, 0.5) is 0 Å². The summed E-state index contributed by atoms with van der Waals surface area (Å²) in [5.41, 5.74) is 1.40. The zero-order valence-electron chi connectivity index (χ0n) is 12.1. The highest BCUT2D eigenvalue weighted by Crippen LogP contribution is 2.35. The molecule has 0 radical (unpaired) electrons. The van der Waals surface area contributed by atoms with Gasteiger partial charge in [-0.15, -0.1) is 11.6 Å². The lowest BCUT2D eigenvalue weighted by atomic mass is 9.90. The van der Waals surface area contributed by atoms with E-state index in [0.29, 0.717) is 12.0 Å². The Morgan fingerprint density at radius 3 is 3.00 bits per heavy atom. The molecule has 1 saturated heterocycles. The smallest absolute Gasteiger partial charge is 0.122 e. The van der Waals surface area contributed by atoms with Crippen LogP contribution in [0.3, 0.4) is 0 Å². The highest BCUT2D eigenvalue weighted by atomic mass is 35.5. The summed E-state index contributed by atoms with van der Waals surface area (Å²) in [6.45, 7) is 3.26. The van der Waals surface area contributed by atoms with Gasteiger partial charge in [0.2, 0.25) is 0 Å². The van der Waals surface area contributed by atoms with Crippen molar-refractivity contribution in [2.24, 2.45) is 0 Å². The minimum atomic E-state index is 0.621. The van der Waals surface area contributed by atoms with Crippen molar-refractivity contribution in [2.45, 2.75) is 44.1 Å². The van der Waals surface area contributed by atoms with E-state index >= 15 is 0 Å². The summed E-state index contributed by atoms with van der Waals surface area (Å²) < 4.78 is 5.78. The molecule has 0 amide bonds. The van der Waals surface area contributed by atoms with E-state index < -0.39 is 0 Å². The molecule has 0 aliphatic carbocycles. The average molecular weight is 294 g/mol. The number of halogens is 1. The van der Waals surface area contributed by atoms with Crippen molar-refractivity contribution in [1.82, 2.24) is 4.90 Å². The summed E-state index contributed by atoms with van der Waals surface area (Å²) in [6, 6.07) is 9.23. The third-order valence-corrected chi connectivity index (χ3v) is 4.95. The Morgan fingerprint density at radius 1 is 1.20 bits per heavy atom. The lowest BCUT2D eigenvalue weighted by molar-refractivity contribution is 0.125. The van der Waals surface area contributed by atoms with Crippen LogP contribution in [0.1, 0.15) is 43.6 Å². The molecule has 2 unspecified atom stereocenters. The minimum absolute atomic E-state index is 0.621. The summed E-state index contributed by atoms with van der Waals surface area (Å²) in [4.78, 5) is 2.68. The third-order valence-electron chi connectivity index (χ3n) is 4.73. The van der Waals surface area contributed by atoms with Gasteiger partial charge in [-0.25, -0.2) is 0 Å². The molecule has 0 spiro atoms. The van der Waals surface area contributed by atoms with Gasteiger partial charge in [-0.3, -0.25) is 4.90 Å². The van der Waals surface area contributed by atoms with Gasteiger partial charge in [0.15, 0.2) is 0 Å². The monoisotopic (exact) mass is 293 g/mol. The first kappa shape index (κ1) is 14.2. The molecule has 110 valence electrons. The summed E-state index contributed by atoms with van der Waals surface area (Å²) in [7, 11) is 0.